The van der Waals surface area contributed by atoms with Crippen molar-refractivity contribution in [3.8, 4) is 0 Å². The van der Waals surface area contributed by atoms with E-state index < -0.39 is 18.8 Å². The van der Waals surface area contributed by atoms with Gasteiger partial charge in [0.1, 0.15) is 6.10 Å². The SMILES string of the molecule is CC(COC(F)F)OC(N)=O. The summed E-state index contributed by atoms with van der Waals surface area (Å²) in [5, 5.41) is 0. The van der Waals surface area contributed by atoms with Crippen molar-refractivity contribution in [2.75, 3.05) is 6.61 Å². The Balaban J connectivity index is 3.37. The molecule has 0 aliphatic carbocycles. The molecule has 0 fully saturated rings. The van der Waals surface area contributed by atoms with Gasteiger partial charge in [-0.3, -0.25) is 0 Å². The van der Waals surface area contributed by atoms with Crippen LogP contribution in [0, 0.1) is 0 Å². The van der Waals surface area contributed by atoms with Crippen LogP contribution in [-0.2, 0) is 9.47 Å². The lowest BCUT2D eigenvalue weighted by Gasteiger charge is -2.10. The van der Waals surface area contributed by atoms with Gasteiger partial charge in [0.15, 0.2) is 0 Å². The van der Waals surface area contributed by atoms with E-state index in [4.69, 9.17) is 0 Å². The van der Waals surface area contributed by atoms with Crippen LogP contribution in [0.25, 0.3) is 0 Å². The molecule has 0 bridgehead atoms. The summed E-state index contributed by atoms with van der Waals surface area (Å²) < 4.78 is 30.8. The number of carbonyl (C=O) groups is 1. The second kappa shape index (κ2) is 4.84. The number of nitrogens with two attached hydrogens (primary N) is 1. The van der Waals surface area contributed by atoms with Crippen LogP contribution in [0.2, 0.25) is 0 Å². The Morgan fingerprint density at radius 1 is 1.64 bits per heavy atom. The largest absolute Gasteiger partial charge is 0.444 e. The third kappa shape index (κ3) is 6.98. The van der Waals surface area contributed by atoms with Crippen molar-refractivity contribution in [2.24, 2.45) is 5.73 Å². The molecule has 0 aromatic heterocycles. The summed E-state index contributed by atoms with van der Waals surface area (Å²) in [6, 6.07) is 0. The van der Waals surface area contributed by atoms with Gasteiger partial charge in [-0.25, -0.2) is 4.79 Å². The molecule has 0 aromatic carbocycles. The van der Waals surface area contributed by atoms with E-state index in [2.05, 4.69) is 15.2 Å². The van der Waals surface area contributed by atoms with Crippen molar-refractivity contribution in [3.63, 3.8) is 0 Å². The number of primary amides is 1. The van der Waals surface area contributed by atoms with Crippen LogP contribution < -0.4 is 5.73 Å². The van der Waals surface area contributed by atoms with Crippen LogP contribution in [0.4, 0.5) is 13.6 Å². The van der Waals surface area contributed by atoms with E-state index in [1.807, 2.05) is 0 Å². The Labute approximate surface area is 62.3 Å². The molecular weight excluding hydrogens is 160 g/mol. The minimum Gasteiger partial charge on any atom is -0.444 e. The fourth-order valence-electron chi connectivity index (χ4n) is 0.441. The normalized spacial score (nSPS) is 13.1. The molecule has 2 N–H and O–H groups in total. The third-order valence-corrected chi connectivity index (χ3v) is 0.774. The summed E-state index contributed by atoms with van der Waals surface area (Å²) in [5.41, 5.74) is 4.60. The predicted molar refractivity (Wildman–Crippen MR) is 32.1 cm³/mol. The Bertz CT molecular complexity index is 131. The Morgan fingerprint density at radius 2 is 2.18 bits per heavy atom. The van der Waals surface area contributed by atoms with Gasteiger partial charge in [-0.2, -0.15) is 8.78 Å². The van der Waals surface area contributed by atoms with Crippen LogP contribution in [0.5, 0.6) is 0 Å². The van der Waals surface area contributed by atoms with Crippen molar-refractivity contribution in [2.45, 2.75) is 19.6 Å². The first-order chi connectivity index (χ1) is 5.02. The van der Waals surface area contributed by atoms with Gasteiger partial charge in [-0.1, -0.05) is 0 Å². The molecule has 0 saturated carbocycles. The maximum absolute atomic E-state index is 11.3. The molecule has 1 amide bonds. The van der Waals surface area contributed by atoms with Gasteiger partial charge in [0, 0.05) is 0 Å². The van der Waals surface area contributed by atoms with Gasteiger partial charge in [-0.15, -0.1) is 0 Å². The van der Waals surface area contributed by atoms with E-state index >= 15 is 0 Å². The predicted octanol–water partition coefficient (Wildman–Crippen LogP) is 0.709. The van der Waals surface area contributed by atoms with E-state index in [0.717, 1.165) is 0 Å². The summed E-state index contributed by atoms with van der Waals surface area (Å²) >= 11 is 0. The molecule has 0 heterocycles. The van der Waals surface area contributed by atoms with Gasteiger partial charge in [0.25, 0.3) is 0 Å². The molecule has 66 valence electrons. The van der Waals surface area contributed by atoms with E-state index in [-0.39, 0.29) is 6.61 Å². The summed E-state index contributed by atoms with van der Waals surface area (Å²) in [6.07, 6.45) is -1.75. The maximum Gasteiger partial charge on any atom is 0.404 e. The second-order valence-electron chi connectivity index (χ2n) is 1.84. The van der Waals surface area contributed by atoms with E-state index in [1.165, 1.54) is 6.92 Å². The second-order valence-corrected chi connectivity index (χ2v) is 1.84. The average Bonchev–Trinajstić information content (AvgIpc) is 1.82. The quantitative estimate of drug-likeness (QED) is 0.674. The molecule has 0 radical (unpaired) electrons. The van der Waals surface area contributed by atoms with E-state index in [0.29, 0.717) is 0 Å². The highest BCUT2D eigenvalue weighted by atomic mass is 19.3. The molecule has 6 heteroatoms. The number of hydrogen-bond acceptors (Lipinski definition) is 3. The highest BCUT2D eigenvalue weighted by Crippen LogP contribution is 1.98. The van der Waals surface area contributed by atoms with Crippen LogP contribution in [0.3, 0.4) is 0 Å². The molecule has 0 aliphatic heterocycles. The molecule has 0 aromatic rings. The zero-order valence-electron chi connectivity index (χ0n) is 5.92. The zero-order chi connectivity index (χ0) is 8.85. The van der Waals surface area contributed by atoms with Gasteiger partial charge in [-0.05, 0) is 6.92 Å². The number of carbonyl (C=O) groups excluding carboxylic acids is 1. The minimum absolute atomic E-state index is 0.361. The van der Waals surface area contributed by atoms with Crippen LogP contribution >= 0.6 is 0 Å². The lowest BCUT2D eigenvalue weighted by atomic mass is 10.4. The first kappa shape index (κ1) is 10.1. The highest BCUT2D eigenvalue weighted by molar-refractivity contribution is 5.64. The van der Waals surface area contributed by atoms with Crippen LogP contribution in [0.1, 0.15) is 6.92 Å². The summed E-state index contributed by atoms with van der Waals surface area (Å²) in [7, 11) is 0. The highest BCUT2D eigenvalue weighted by Gasteiger charge is 2.09. The minimum atomic E-state index is -2.85. The third-order valence-electron chi connectivity index (χ3n) is 0.774. The first-order valence-electron chi connectivity index (χ1n) is 2.88. The van der Waals surface area contributed by atoms with Crippen molar-refractivity contribution >= 4 is 6.09 Å². The Hall–Kier alpha value is -0.910. The van der Waals surface area contributed by atoms with E-state index in [9.17, 15) is 13.6 Å². The van der Waals surface area contributed by atoms with Crippen LogP contribution in [0.15, 0.2) is 0 Å². The summed E-state index contributed by atoms with van der Waals surface area (Å²) in [4.78, 5) is 10.0. The van der Waals surface area contributed by atoms with Crippen molar-refractivity contribution in [3.05, 3.63) is 0 Å². The maximum atomic E-state index is 11.3. The lowest BCUT2D eigenvalue weighted by molar-refractivity contribution is -0.145. The number of halogens is 2. The fraction of sp³-hybridized carbons (Fsp3) is 0.800. The number of hydrogen-bond donors (Lipinski definition) is 1. The smallest absolute Gasteiger partial charge is 0.404 e. The average molecular weight is 169 g/mol. The van der Waals surface area contributed by atoms with Crippen LogP contribution in [-0.4, -0.2) is 25.4 Å². The number of amides is 1. The Morgan fingerprint density at radius 3 is 2.55 bits per heavy atom. The lowest BCUT2D eigenvalue weighted by Crippen LogP contribution is -2.25. The van der Waals surface area contributed by atoms with Gasteiger partial charge < -0.3 is 15.2 Å². The summed E-state index contributed by atoms with van der Waals surface area (Å²) in [6.45, 7) is -1.82. The van der Waals surface area contributed by atoms with Gasteiger partial charge >= 0.3 is 12.7 Å². The molecule has 1 atom stereocenters. The molecule has 4 nitrogen and oxygen atoms in total. The topological polar surface area (TPSA) is 61.6 Å². The molecular formula is C5H9F2NO3. The number of rotatable bonds is 4. The fourth-order valence-corrected chi connectivity index (χ4v) is 0.441. The monoisotopic (exact) mass is 169 g/mol. The molecule has 0 aliphatic rings. The van der Waals surface area contributed by atoms with Gasteiger partial charge in [0.05, 0.1) is 6.61 Å². The molecule has 0 saturated heterocycles. The Kier molecular flexibility index (Phi) is 4.44. The van der Waals surface area contributed by atoms with E-state index in [1.54, 1.807) is 0 Å². The molecule has 0 rings (SSSR count). The van der Waals surface area contributed by atoms with Gasteiger partial charge in [0.2, 0.25) is 0 Å². The zero-order valence-corrected chi connectivity index (χ0v) is 5.92. The number of alkyl halides is 2. The first-order valence-corrected chi connectivity index (χ1v) is 2.88. The van der Waals surface area contributed by atoms with Crippen molar-refractivity contribution in [1.29, 1.82) is 0 Å². The molecule has 1 unspecified atom stereocenters. The van der Waals surface area contributed by atoms with Crippen molar-refractivity contribution in [1.82, 2.24) is 0 Å². The standard InChI is InChI=1S/C5H9F2NO3/c1-3(11-5(8)9)2-10-4(6)7/h3-4H,2H2,1H3,(H2,8,9). The molecule has 0 spiro atoms. The summed E-state index contributed by atoms with van der Waals surface area (Å²) in [5.74, 6) is 0. The number of ether oxygens (including phenoxy) is 2. The molecule has 11 heavy (non-hydrogen) atoms. The van der Waals surface area contributed by atoms with Crippen molar-refractivity contribution < 1.29 is 23.0 Å².